The second-order valence-electron chi connectivity index (χ2n) is 4.75. The summed E-state index contributed by atoms with van der Waals surface area (Å²) in [6, 6.07) is 9.05. The Kier molecular flexibility index (Phi) is 5.44. The molecule has 2 heterocycles. The second kappa shape index (κ2) is 7.74. The lowest BCUT2D eigenvalue weighted by Gasteiger charge is -1.96. The number of benzene rings is 1. The minimum Gasteiger partial charge on any atom is -0.343 e. The zero-order chi connectivity index (χ0) is 16.9. The molecule has 122 valence electrons. The third-order valence-electron chi connectivity index (χ3n) is 3.00. The van der Waals surface area contributed by atoms with Gasteiger partial charge in [0, 0.05) is 16.7 Å². The van der Waals surface area contributed by atoms with Crippen LogP contribution in [0.3, 0.4) is 0 Å². The van der Waals surface area contributed by atoms with E-state index in [2.05, 4.69) is 31.4 Å². The van der Waals surface area contributed by atoms with E-state index in [-0.39, 0.29) is 12.5 Å². The van der Waals surface area contributed by atoms with E-state index in [0.29, 0.717) is 16.7 Å². The van der Waals surface area contributed by atoms with Crippen molar-refractivity contribution < 1.29 is 9.32 Å². The topological polar surface area (TPSA) is 68.0 Å². The summed E-state index contributed by atoms with van der Waals surface area (Å²) in [7, 11) is 0. The third kappa shape index (κ3) is 4.53. The van der Waals surface area contributed by atoms with Gasteiger partial charge in [-0.25, -0.2) is 0 Å². The Morgan fingerprint density at radius 3 is 2.88 bits per heavy atom. The number of hydrogen-bond donors (Lipinski definition) is 1. The first kappa shape index (κ1) is 16.9. The molecule has 0 unspecified atom stereocenters. The lowest BCUT2D eigenvalue weighted by Crippen LogP contribution is -2.20. The molecule has 0 atom stereocenters. The lowest BCUT2D eigenvalue weighted by molar-refractivity contribution is -0.116. The maximum absolute atomic E-state index is 11.8. The highest BCUT2D eigenvalue weighted by Gasteiger charge is 2.09. The minimum atomic E-state index is -0.233. The molecule has 0 saturated carbocycles. The number of carbonyl (C=O) groups is 1. The predicted molar refractivity (Wildman–Crippen MR) is 97.6 cm³/mol. The van der Waals surface area contributed by atoms with Crippen LogP contribution < -0.4 is 5.32 Å². The zero-order valence-corrected chi connectivity index (χ0v) is 15.4. The summed E-state index contributed by atoms with van der Waals surface area (Å²) in [5.41, 5.74) is 1.76. The van der Waals surface area contributed by atoms with Crippen LogP contribution in [-0.2, 0) is 11.3 Å². The number of nitrogens with zero attached hydrogens (tertiary/aromatic N) is 2. The summed E-state index contributed by atoms with van der Waals surface area (Å²) in [6.45, 7) is 0.164. The molecular weight excluding hydrogens is 414 g/mol. The normalized spacial score (nSPS) is 11.1. The van der Waals surface area contributed by atoms with Gasteiger partial charge in [-0.1, -0.05) is 16.8 Å². The number of rotatable bonds is 5. The van der Waals surface area contributed by atoms with E-state index >= 15 is 0 Å². The maximum atomic E-state index is 11.8. The Morgan fingerprint density at radius 1 is 1.38 bits per heavy atom. The van der Waals surface area contributed by atoms with Crippen molar-refractivity contribution in [3.05, 3.63) is 62.1 Å². The molecule has 0 radical (unpaired) electrons. The average molecular weight is 425 g/mol. The fraction of sp³-hybridized carbons (Fsp3) is 0.0625. The standard InChI is InChI=1S/C16H11BrClN3O2S/c17-13-7-10(9-24-13)1-6-14(22)19-8-15-20-16(21-23-15)11-2-4-12(18)5-3-11/h1-7,9H,8H2,(H,19,22). The Labute approximate surface area is 155 Å². The van der Waals surface area contributed by atoms with Crippen molar-refractivity contribution >= 4 is 50.9 Å². The third-order valence-corrected chi connectivity index (χ3v) is 4.77. The minimum absolute atomic E-state index is 0.164. The maximum Gasteiger partial charge on any atom is 0.246 e. The molecule has 0 bridgehead atoms. The smallest absolute Gasteiger partial charge is 0.246 e. The van der Waals surface area contributed by atoms with E-state index in [1.807, 2.05) is 11.4 Å². The van der Waals surface area contributed by atoms with Crippen molar-refractivity contribution in [2.24, 2.45) is 0 Å². The average Bonchev–Trinajstić information content (AvgIpc) is 3.21. The molecule has 3 rings (SSSR count). The van der Waals surface area contributed by atoms with Gasteiger partial charge in [0.25, 0.3) is 0 Å². The number of thiophene rings is 1. The van der Waals surface area contributed by atoms with Crippen LogP contribution in [0.25, 0.3) is 17.5 Å². The van der Waals surface area contributed by atoms with E-state index < -0.39 is 0 Å². The molecule has 1 N–H and O–H groups in total. The zero-order valence-electron chi connectivity index (χ0n) is 12.2. The van der Waals surface area contributed by atoms with Gasteiger partial charge in [0.2, 0.25) is 17.6 Å². The van der Waals surface area contributed by atoms with Gasteiger partial charge in [0.05, 0.1) is 10.3 Å². The molecule has 3 aromatic rings. The number of nitrogens with one attached hydrogen (secondary N) is 1. The molecule has 8 heteroatoms. The first-order valence-electron chi connectivity index (χ1n) is 6.88. The summed E-state index contributed by atoms with van der Waals surface area (Å²) in [4.78, 5) is 16.0. The van der Waals surface area contributed by atoms with Gasteiger partial charge in [0.1, 0.15) is 0 Å². The van der Waals surface area contributed by atoms with E-state index in [0.717, 1.165) is 14.9 Å². The number of aromatic nitrogens is 2. The van der Waals surface area contributed by atoms with Crippen LogP contribution in [0.4, 0.5) is 0 Å². The van der Waals surface area contributed by atoms with E-state index in [4.69, 9.17) is 16.1 Å². The van der Waals surface area contributed by atoms with Gasteiger partial charge in [-0.05, 0) is 63.3 Å². The highest BCUT2D eigenvalue weighted by atomic mass is 79.9. The summed E-state index contributed by atoms with van der Waals surface area (Å²) < 4.78 is 6.15. The molecule has 0 saturated heterocycles. The van der Waals surface area contributed by atoms with Crippen LogP contribution in [0, 0.1) is 0 Å². The molecule has 0 spiro atoms. The SMILES string of the molecule is O=C(C=Cc1csc(Br)c1)NCc1nc(-c2ccc(Cl)cc2)no1. The molecule has 1 aromatic carbocycles. The molecule has 0 aliphatic carbocycles. The largest absolute Gasteiger partial charge is 0.343 e. The van der Waals surface area contributed by atoms with E-state index in [9.17, 15) is 4.79 Å². The highest BCUT2D eigenvalue weighted by Crippen LogP contribution is 2.21. The molecule has 0 aliphatic rings. The molecule has 0 fully saturated rings. The Morgan fingerprint density at radius 2 is 2.17 bits per heavy atom. The van der Waals surface area contributed by atoms with Crippen molar-refractivity contribution in [2.75, 3.05) is 0 Å². The molecule has 24 heavy (non-hydrogen) atoms. The van der Waals surface area contributed by atoms with Crippen LogP contribution in [0.5, 0.6) is 0 Å². The second-order valence-corrected chi connectivity index (χ2v) is 7.48. The Balaban J connectivity index is 1.56. The fourth-order valence-electron chi connectivity index (χ4n) is 1.85. The lowest BCUT2D eigenvalue weighted by atomic mass is 10.2. The number of amides is 1. The van der Waals surface area contributed by atoms with E-state index in [1.165, 1.54) is 6.08 Å². The molecular formula is C16H11BrClN3O2S. The number of halogens is 2. The predicted octanol–water partition coefficient (Wildman–Crippen LogP) is 4.54. The molecule has 0 aliphatic heterocycles. The van der Waals surface area contributed by atoms with Gasteiger partial charge in [-0.15, -0.1) is 11.3 Å². The first-order chi connectivity index (χ1) is 11.6. The van der Waals surface area contributed by atoms with Gasteiger partial charge in [-0.3, -0.25) is 4.79 Å². The monoisotopic (exact) mass is 423 g/mol. The van der Waals surface area contributed by atoms with Crippen molar-refractivity contribution in [1.29, 1.82) is 0 Å². The quantitative estimate of drug-likeness (QED) is 0.610. The van der Waals surface area contributed by atoms with Crippen molar-refractivity contribution in [3.63, 3.8) is 0 Å². The van der Waals surface area contributed by atoms with Crippen molar-refractivity contribution in [1.82, 2.24) is 15.5 Å². The summed E-state index contributed by atoms with van der Waals surface area (Å²) in [5, 5.41) is 9.17. The van der Waals surface area contributed by atoms with Gasteiger partial charge < -0.3 is 9.84 Å². The van der Waals surface area contributed by atoms with Crippen molar-refractivity contribution in [2.45, 2.75) is 6.54 Å². The Bertz CT molecular complexity index is 874. The van der Waals surface area contributed by atoms with Crippen LogP contribution in [-0.4, -0.2) is 16.0 Å². The molecule has 2 aromatic heterocycles. The first-order valence-corrected chi connectivity index (χ1v) is 8.94. The van der Waals surface area contributed by atoms with Crippen molar-refractivity contribution in [3.8, 4) is 11.4 Å². The van der Waals surface area contributed by atoms with Crippen LogP contribution in [0.2, 0.25) is 5.02 Å². The summed E-state index contributed by atoms with van der Waals surface area (Å²) in [5.74, 6) is 0.554. The summed E-state index contributed by atoms with van der Waals surface area (Å²) in [6.07, 6.45) is 3.20. The highest BCUT2D eigenvalue weighted by molar-refractivity contribution is 9.11. The summed E-state index contributed by atoms with van der Waals surface area (Å²) >= 11 is 10.8. The number of carbonyl (C=O) groups excluding carboxylic acids is 1. The van der Waals surface area contributed by atoms with Gasteiger partial charge >= 0.3 is 0 Å². The fourth-order valence-corrected chi connectivity index (χ4v) is 3.12. The van der Waals surface area contributed by atoms with Gasteiger partial charge in [-0.2, -0.15) is 4.98 Å². The van der Waals surface area contributed by atoms with E-state index in [1.54, 1.807) is 41.7 Å². The Hall–Kier alpha value is -1.96. The van der Waals surface area contributed by atoms with Crippen LogP contribution in [0.1, 0.15) is 11.5 Å². The van der Waals surface area contributed by atoms with Crippen LogP contribution >= 0.6 is 38.9 Å². The number of hydrogen-bond acceptors (Lipinski definition) is 5. The molecule has 5 nitrogen and oxygen atoms in total. The van der Waals surface area contributed by atoms with Crippen LogP contribution in [0.15, 0.2) is 50.1 Å². The molecule has 1 amide bonds. The van der Waals surface area contributed by atoms with Gasteiger partial charge in [0.15, 0.2) is 0 Å².